The van der Waals surface area contributed by atoms with Gasteiger partial charge in [-0.1, -0.05) is 35.9 Å². The number of benzene rings is 2. The average molecular weight is 384 g/mol. The normalized spacial score (nSPS) is 11.5. The van der Waals surface area contributed by atoms with Gasteiger partial charge >= 0.3 is 12.1 Å². The zero-order valence-corrected chi connectivity index (χ0v) is 13.9. The lowest BCUT2D eigenvalue weighted by molar-refractivity contribution is -0.137. The standard InChI is InChI=1S/C17H9ClF3NO2S/c18-12-6-2-3-9(8-12)13-14(25-15(22-13)16(23)24)10-4-1-5-11(7-10)17(19,20)21/h1-8H,(H,23,24). The Labute approximate surface area is 149 Å². The van der Waals surface area contributed by atoms with Gasteiger partial charge in [-0.3, -0.25) is 0 Å². The van der Waals surface area contributed by atoms with E-state index in [4.69, 9.17) is 11.6 Å². The van der Waals surface area contributed by atoms with Crippen LogP contribution in [0.15, 0.2) is 48.5 Å². The summed E-state index contributed by atoms with van der Waals surface area (Å²) < 4.78 is 38.9. The first-order valence-corrected chi connectivity index (χ1v) is 8.13. The number of thiazole rings is 1. The maximum Gasteiger partial charge on any atom is 0.416 e. The fraction of sp³-hybridized carbons (Fsp3) is 0.0588. The van der Waals surface area contributed by atoms with Gasteiger partial charge in [-0.25, -0.2) is 9.78 Å². The van der Waals surface area contributed by atoms with E-state index in [0.717, 1.165) is 23.5 Å². The molecule has 25 heavy (non-hydrogen) atoms. The number of nitrogens with zero attached hydrogens (tertiary/aromatic N) is 1. The Kier molecular flexibility index (Phi) is 4.53. The fourth-order valence-corrected chi connectivity index (χ4v) is 3.39. The minimum atomic E-state index is -4.49. The Morgan fingerprint density at radius 3 is 2.40 bits per heavy atom. The van der Waals surface area contributed by atoms with Crippen LogP contribution in [0.5, 0.6) is 0 Å². The van der Waals surface area contributed by atoms with Gasteiger partial charge in [0.1, 0.15) is 0 Å². The molecule has 8 heteroatoms. The van der Waals surface area contributed by atoms with Gasteiger partial charge in [-0.05, 0) is 29.8 Å². The second-order valence-corrected chi connectivity index (χ2v) is 6.53. The first kappa shape index (κ1) is 17.4. The molecule has 0 saturated carbocycles. The Hall–Kier alpha value is -2.38. The van der Waals surface area contributed by atoms with Crippen molar-refractivity contribution in [3.05, 3.63) is 64.1 Å². The van der Waals surface area contributed by atoms with Crippen LogP contribution in [0.4, 0.5) is 13.2 Å². The number of carboxylic acid groups (broad SMARTS) is 1. The van der Waals surface area contributed by atoms with Crippen molar-refractivity contribution >= 4 is 28.9 Å². The molecule has 0 bridgehead atoms. The Morgan fingerprint density at radius 1 is 1.08 bits per heavy atom. The highest BCUT2D eigenvalue weighted by Gasteiger charge is 2.31. The SMILES string of the molecule is O=C(O)c1nc(-c2cccc(Cl)c2)c(-c2cccc(C(F)(F)F)c2)s1. The summed E-state index contributed by atoms with van der Waals surface area (Å²) >= 11 is 6.78. The highest BCUT2D eigenvalue weighted by molar-refractivity contribution is 7.17. The van der Waals surface area contributed by atoms with Gasteiger partial charge in [0.15, 0.2) is 0 Å². The molecule has 0 radical (unpaired) electrons. The number of halogens is 4. The van der Waals surface area contributed by atoms with Crippen molar-refractivity contribution in [2.45, 2.75) is 6.18 Å². The largest absolute Gasteiger partial charge is 0.476 e. The third-order valence-electron chi connectivity index (χ3n) is 3.36. The molecule has 1 heterocycles. The molecule has 0 spiro atoms. The van der Waals surface area contributed by atoms with Crippen LogP contribution >= 0.6 is 22.9 Å². The van der Waals surface area contributed by atoms with Gasteiger partial charge in [-0.2, -0.15) is 13.2 Å². The fourth-order valence-electron chi connectivity index (χ4n) is 2.28. The van der Waals surface area contributed by atoms with E-state index in [0.29, 0.717) is 15.5 Å². The summed E-state index contributed by atoms with van der Waals surface area (Å²) in [5.41, 5.74) is 0.245. The number of hydrogen-bond donors (Lipinski definition) is 1. The molecular formula is C17H9ClF3NO2S. The lowest BCUT2D eigenvalue weighted by atomic mass is 10.0. The number of rotatable bonds is 3. The maximum atomic E-state index is 13.0. The molecule has 3 rings (SSSR count). The van der Waals surface area contributed by atoms with E-state index >= 15 is 0 Å². The highest BCUT2D eigenvalue weighted by atomic mass is 35.5. The molecule has 3 nitrogen and oxygen atoms in total. The van der Waals surface area contributed by atoms with E-state index in [1.54, 1.807) is 24.3 Å². The van der Waals surface area contributed by atoms with Crippen LogP contribution in [0.2, 0.25) is 5.02 Å². The number of carboxylic acids is 1. The Bertz CT molecular complexity index is 953. The summed E-state index contributed by atoms with van der Waals surface area (Å²) in [5, 5.41) is 9.40. The number of alkyl halides is 3. The molecular weight excluding hydrogens is 375 g/mol. The van der Waals surface area contributed by atoms with Crippen molar-refractivity contribution in [3.63, 3.8) is 0 Å². The van der Waals surface area contributed by atoms with Crippen LogP contribution in [-0.2, 0) is 6.18 Å². The first-order valence-electron chi connectivity index (χ1n) is 6.93. The predicted molar refractivity (Wildman–Crippen MR) is 90.0 cm³/mol. The second kappa shape index (κ2) is 6.50. The molecule has 0 aliphatic carbocycles. The van der Waals surface area contributed by atoms with Crippen LogP contribution in [0.3, 0.4) is 0 Å². The van der Waals surface area contributed by atoms with Gasteiger partial charge in [-0.15, -0.1) is 11.3 Å². The zero-order valence-electron chi connectivity index (χ0n) is 12.3. The van der Waals surface area contributed by atoms with Gasteiger partial charge in [0.25, 0.3) is 0 Å². The molecule has 128 valence electrons. The van der Waals surface area contributed by atoms with Gasteiger partial charge in [0, 0.05) is 10.6 Å². The minimum absolute atomic E-state index is 0.206. The smallest absolute Gasteiger partial charge is 0.416 e. The predicted octanol–water partition coefficient (Wildman–Crippen LogP) is 5.85. The monoisotopic (exact) mass is 383 g/mol. The second-order valence-electron chi connectivity index (χ2n) is 5.09. The molecule has 0 atom stereocenters. The third kappa shape index (κ3) is 3.67. The molecule has 3 aromatic rings. The Balaban J connectivity index is 2.21. The van der Waals surface area contributed by atoms with E-state index in [1.807, 2.05) is 0 Å². The number of aromatic nitrogens is 1. The van der Waals surface area contributed by atoms with Gasteiger partial charge < -0.3 is 5.11 Å². The number of hydrogen-bond acceptors (Lipinski definition) is 3. The van der Waals surface area contributed by atoms with Crippen LogP contribution in [0.25, 0.3) is 21.7 Å². The number of aromatic carboxylic acids is 1. The van der Waals surface area contributed by atoms with Gasteiger partial charge in [0.2, 0.25) is 5.01 Å². The lowest BCUT2D eigenvalue weighted by Crippen LogP contribution is -2.04. The zero-order chi connectivity index (χ0) is 18.2. The average Bonchev–Trinajstić information content (AvgIpc) is 3.00. The van der Waals surface area contributed by atoms with E-state index in [1.165, 1.54) is 12.1 Å². The lowest BCUT2D eigenvalue weighted by Gasteiger charge is -2.09. The van der Waals surface area contributed by atoms with Crippen molar-refractivity contribution in [1.82, 2.24) is 4.98 Å². The van der Waals surface area contributed by atoms with Crippen LogP contribution in [-0.4, -0.2) is 16.1 Å². The van der Waals surface area contributed by atoms with Gasteiger partial charge in [0.05, 0.1) is 16.1 Å². The molecule has 0 fully saturated rings. The van der Waals surface area contributed by atoms with Crippen molar-refractivity contribution in [2.75, 3.05) is 0 Å². The maximum absolute atomic E-state index is 13.0. The topological polar surface area (TPSA) is 50.2 Å². The molecule has 0 aliphatic heterocycles. The van der Waals surface area contributed by atoms with Crippen LogP contribution in [0, 0.1) is 0 Å². The first-order chi connectivity index (χ1) is 11.8. The molecule has 1 aromatic heterocycles. The van der Waals surface area contributed by atoms with E-state index in [9.17, 15) is 23.1 Å². The molecule has 0 aliphatic rings. The quantitative estimate of drug-likeness (QED) is 0.617. The summed E-state index contributed by atoms with van der Waals surface area (Å²) in [7, 11) is 0. The summed E-state index contributed by atoms with van der Waals surface area (Å²) in [4.78, 5) is 15.7. The van der Waals surface area contributed by atoms with Crippen molar-refractivity contribution in [3.8, 4) is 21.7 Å². The Morgan fingerprint density at radius 2 is 1.76 bits per heavy atom. The molecule has 1 N–H and O–H groups in total. The van der Waals surface area contributed by atoms with Crippen molar-refractivity contribution in [1.29, 1.82) is 0 Å². The summed E-state index contributed by atoms with van der Waals surface area (Å²) in [6, 6.07) is 11.3. The molecule has 2 aromatic carbocycles. The molecule has 0 unspecified atom stereocenters. The summed E-state index contributed by atoms with van der Waals surface area (Å²) in [6.45, 7) is 0. The van der Waals surface area contributed by atoms with Crippen LogP contribution < -0.4 is 0 Å². The summed E-state index contributed by atoms with van der Waals surface area (Å²) in [5.74, 6) is -1.24. The van der Waals surface area contributed by atoms with E-state index < -0.39 is 17.7 Å². The van der Waals surface area contributed by atoms with E-state index in [2.05, 4.69) is 4.98 Å². The third-order valence-corrected chi connectivity index (χ3v) is 4.69. The van der Waals surface area contributed by atoms with E-state index in [-0.39, 0.29) is 16.3 Å². The van der Waals surface area contributed by atoms with Crippen LogP contribution in [0.1, 0.15) is 15.4 Å². The minimum Gasteiger partial charge on any atom is -0.476 e. The van der Waals surface area contributed by atoms with Crippen molar-refractivity contribution < 1.29 is 23.1 Å². The summed E-state index contributed by atoms with van der Waals surface area (Å²) in [6.07, 6.45) is -4.49. The molecule has 0 amide bonds. The van der Waals surface area contributed by atoms with Crippen molar-refractivity contribution in [2.24, 2.45) is 0 Å². The molecule has 0 saturated heterocycles. The number of carbonyl (C=O) groups is 1. The highest BCUT2D eigenvalue weighted by Crippen LogP contribution is 2.39.